The van der Waals surface area contributed by atoms with E-state index in [-0.39, 0.29) is 29.5 Å². The number of anilines is 1. The van der Waals surface area contributed by atoms with Crippen molar-refractivity contribution in [2.45, 2.75) is 20.4 Å². The van der Waals surface area contributed by atoms with E-state index in [4.69, 9.17) is 4.42 Å². The van der Waals surface area contributed by atoms with Crippen LogP contribution in [0, 0.1) is 13.8 Å². The number of H-pyrrole nitrogens is 1. The van der Waals surface area contributed by atoms with Crippen LogP contribution in [0.25, 0.3) is 5.78 Å². The molecule has 0 bridgehead atoms. The summed E-state index contributed by atoms with van der Waals surface area (Å²) in [5.41, 5.74) is 2.05. The van der Waals surface area contributed by atoms with Gasteiger partial charge in [0.05, 0.1) is 12.8 Å². The lowest BCUT2D eigenvalue weighted by atomic mass is 10.2. The van der Waals surface area contributed by atoms with Crippen LogP contribution in [0.1, 0.15) is 27.6 Å². The smallest absolute Gasteiger partial charge is 0.294 e. The lowest BCUT2D eigenvalue weighted by Gasteiger charge is -2.21. The van der Waals surface area contributed by atoms with Gasteiger partial charge < -0.3 is 4.42 Å². The van der Waals surface area contributed by atoms with Crippen LogP contribution in [-0.4, -0.2) is 25.5 Å². The molecule has 0 fully saturated rings. The number of hydrogen-bond acceptors (Lipinski definition) is 5. The first-order valence-corrected chi connectivity index (χ1v) is 8.38. The van der Waals surface area contributed by atoms with Gasteiger partial charge in [-0.15, -0.1) is 0 Å². The van der Waals surface area contributed by atoms with Gasteiger partial charge in [-0.2, -0.15) is 9.50 Å². The van der Waals surface area contributed by atoms with Crippen LogP contribution in [-0.2, 0) is 6.54 Å². The van der Waals surface area contributed by atoms with Crippen LogP contribution in [0.3, 0.4) is 0 Å². The molecule has 0 radical (unpaired) electrons. The fourth-order valence-corrected chi connectivity index (χ4v) is 2.87. The minimum absolute atomic E-state index is 0.130. The molecule has 0 atom stereocenters. The number of benzene rings is 1. The summed E-state index contributed by atoms with van der Waals surface area (Å²) in [5.74, 6) is 0.623. The lowest BCUT2D eigenvalue weighted by Crippen LogP contribution is -2.30. The summed E-state index contributed by atoms with van der Waals surface area (Å²) in [6.07, 6.45) is 1.45. The number of nitrogens with one attached hydrogen (secondary N) is 1. The highest BCUT2D eigenvalue weighted by molar-refractivity contribution is 6.04. The molecule has 0 unspecified atom stereocenters. The molecule has 0 aliphatic carbocycles. The van der Waals surface area contributed by atoms with Gasteiger partial charge in [-0.3, -0.25) is 19.6 Å². The topological polar surface area (TPSA) is 96.5 Å². The number of amides is 1. The monoisotopic (exact) mass is 363 g/mol. The van der Waals surface area contributed by atoms with Crippen molar-refractivity contribution in [3.05, 3.63) is 81.9 Å². The van der Waals surface area contributed by atoms with E-state index in [0.29, 0.717) is 17.2 Å². The van der Waals surface area contributed by atoms with Gasteiger partial charge in [0.2, 0.25) is 0 Å². The molecule has 8 heteroatoms. The number of aryl methyl sites for hydroxylation is 2. The molecule has 136 valence electrons. The van der Waals surface area contributed by atoms with Crippen LogP contribution in [0.4, 0.5) is 5.69 Å². The van der Waals surface area contributed by atoms with E-state index in [9.17, 15) is 9.59 Å². The number of carbonyl (C=O) groups is 1. The maximum absolute atomic E-state index is 13.0. The summed E-state index contributed by atoms with van der Waals surface area (Å²) < 4.78 is 6.53. The quantitative estimate of drug-likeness (QED) is 0.601. The summed E-state index contributed by atoms with van der Waals surface area (Å²) in [7, 11) is 0. The van der Waals surface area contributed by atoms with E-state index in [2.05, 4.69) is 15.1 Å². The van der Waals surface area contributed by atoms with Gasteiger partial charge in [-0.25, -0.2) is 4.98 Å². The normalized spacial score (nSPS) is 11.0. The van der Waals surface area contributed by atoms with Gasteiger partial charge in [-0.1, -0.05) is 12.1 Å². The number of fused-ring (bicyclic) bond motifs is 1. The third kappa shape index (κ3) is 3.24. The van der Waals surface area contributed by atoms with Crippen LogP contribution < -0.4 is 10.5 Å². The van der Waals surface area contributed by atoms with Crippen LogP contribution >= 0.6 is 0 Å². The van der Waals surface area contributed by atoms with Crippen molar-refractivity contribution in [1.29, 1.82) is 0 Å². The molecule has 0 saturated heterocycles. The summed E-state index contributed by atoms with van der Waals surface area (Å²) in [6, 6.07) is 12.3. The predicted molar refractivity (Wildman–Crippen MR) is 98.7 cm³/mol. The second-order valence-corrected chi connectivity index (χ2v) is 6.25. The van der Waals surface area contributed by atoms with Crippen molar-refractivity contribution in [3.63, 3.8) is 0 Å². The molecule has 0 saturated carbocycles. The van der Waals surface area contributed by atoms with E-state index in [0.717, 1.165) is 5.56 Å². The molecule has 4 rings (SSSR count). The highest BCUT2D eigenvalue weighted by Gasteiger charge is 2.22. The van der Waals surface area contributed by atoms with Crippen molar-refractivity contribution >= 4 is 17.4 Å². The maximum atomic E-state index is 13.0. The second-order valence-electron chi connectivity index (χ2n) is 6.25. The fourth-order valence-electron chi connectivity index (χ4n) is 2.87. The first kappa shape index (κ1) is 16.8. The molecule has 0 aliphatic rings. The maximum Gasteiger partial charge on any atom is 0.294 e. The Labute approximate surface area is 154 Å². The minimum Gasteiger partial charge on any atom is -0.459 e. The van der Waals surface area contributed by atoms with Crippen LogP contribution in [0.5, 0.6) is 0 Å². The number of furan rings is 1. The van der Waals surface area contributed by atoms with E-state index in [1.807, 2.05) is 31.2 Å². The van der Waals surface area contributed by atoms with Crippen LogP contribution in [0.2, 0.25) is 0 Å². The zero-order valence-corrected chi connectivity index (χ0v) is 14.8. The second kappa shape index (κ2) is 6.56. The molecule has 1 aromatic carbocycles. The van der Waals surface area contributed by atoms with Gasteiger partial charge in [-0.05, 0) is 43.7 Å². The largest absolute Gasteiger partial charge is 0.459 e. The van der Waals surface area contributed by atoms with Gasteiger partial charge in [0.15, 0.2) is 5.76 Å². The standard InChI is InChI=1S/C19H17N5O3/c1-12-5-3-6-14(9-12)23(18(26)15-7-4-8-27-15)11-16-21-19-20-13(2)10-17(25)24(19)22-16/h3-10H,11H2,1-2H3,(H,20,21,22). The first-order chi connectivity index (χ1) is 13.0. The Morgan fingerprint density at radius 3 is 2.78 bits per heavy atom. The average molecular weight is 363 g/mol. The van der Waals surface area contributed by atoms with Crippen molar-refractivity contribution in [2.75, 3.05) is 4.90 Å². The summed E-state index contributed by atoms with van der Waals surface area (Å²) in [6.45, 7) is 3.81. The zero-order chi connectivity index (χ0) is 19.0. The van der Waals surface area contributed by atoms with E-state index in [1.165, 1.54) is 16.8 Å². The van der Waals surface area contributed by atoms with Crippen molar-refractivity contribution in [3.8, 4) is 0 Å². The molecule has 27 heavy (non-hydrogen) atoms. The molecule has 0 aliphatic heterocycles. The molecular formula is C19H17N5O3. The van der Waals surface area contributed by atoms with E-state index in [1.54, 1.807) is 24.0 Å². The highest BCUT2D eigenvalue weighted by Crippen LogP contribution is 2.21. The highest BCUT2D eigenvalue weighted by atomic mass is 16.3. The Hall–Kier alpha value is -3.68. The third-order valence-corrected chi connectivity index (χ3v) is 4.10. The molecule has 3 heterocycles. The number of aromatic amines is 1. The molecule has 0 spiro atoms. The first-order valence-electron chi connectivity index (χ1n) is 8.38. The van der Waals surface area contributed by atoms with Crippen molar-refractivity contribution in [1.82, 2.24) is 19.6 Å². The Bertz CT molecular complexity index is 1170. The Morgan fingerprint density at radius 2 is 2.04 bits per heavy atom. The molecular weight excluding hydrogens is 346 g/mol. The fraction of sp³-hybridized carbons (Fsp3) is 0.158. The SMILES string of the molecule is Cc1cccc(N(Cc2nc3nc(C)cc(=O)n3[nH]2)C(=O)c2ccco2)c1. The molecule has 3 aromatic heterocycles. The van der Waals surface area contributed by atoms with Gasteiger partial charge in [0.25, 0.3) is 17.2 Å². The van der Waals surface area contributed by atoms with Gasteiger partial charge in [0, 0.05) is 17.4 Å². The zero-order valence-electron chi connectivity index (χ0n) is 14.8. The predicted octanol–water partition coefficient (Wildman–Crippen LogP) is 2.47. The molecule has 1 amide bonds. The van der Waals surface area contributed by atoms with Gasteiger partial charge >= 0.3 is 0 Å². The van der Waals surface area contributed by atoms with Gasteiger partial charge in [0.1, 0.15) is 5.82 Å². The van der Waals surface area contributed by atoms with E-state index < -0.39 is 0 Å². The number of carbonyl (C=O) groups excluding carboxylic acids is 1. The number of hydrogen-bond donors (Lipinski definition) is 1. The lowest BCUT2D eigenvalue weighted by molar-refractivity contribution is 0.0957. The Kier molecular flexibility index (Phi) is 4.08. The average Bonchev–Trinajstić information content (AvgIpc) is 3.29. The summed E-state index contributed by atoms with van der Waals surface area (Å²) in [5, 5.41) is 2.91. The van der Waals surface area contributed by atoms with Crippen LogP contribution in [0.15, 0.2) is 57.9 Å². The molecule has 1 N–H and O–H groups in total. The molecule has 8 nitrogen and oxygen atoms in total. The van der Waals surface area contributed by atoms with Crippen molar-refractivity contribution < 1.29 is 9.21 Å². The van der Waals surface area contributed by atoms with Crippen molar-refractivity contribution in [2.24, 2.45) is 0 Å². The summed E-state index contributed by atoms with van der Waals surface area (Å²) in [4.78, 5) is 35.2. The molecule has 4 aromatic rings. The summed E-state index contributed by atoms with van der Waals surface area (Å²) >= 11 is 0. The number of rotatable bonds is 4. The Morgan fingerprint density at radius 1 is 1.19 bits per heavy atom. The van der Waals surface area contributed by atoms with E-state index >= 15 is 0 Å². The minimum atomic E-state index is -0.303. The Balaban J connectivity index is 1.76. The number of nitrogens with zero attached hydrogens (tertiary/aromatic N) is 4. The number of aromatic nitrogens is 4. The third-order valence-electron chi connectivity index (χ3n) is 4.10.